The van der Waals surface area contributed by atoms with E-state index in [-0.39, 0.29) is 18.5 Å². The Kier molecular flexibility index (Phi) is 3.06. The van der Waals surface area contributed by atoms with Crippen molar-refractivity contribution in [3.8, 4) is 0 Å². The van der Waals surface area contributed by atoms with E-state index in [0.29, 0.717) is 13.0 Å². The lowest BCUT2D eigenvalue weighted by Gasteiger charge is -2.13. The molecule has 1 aliphatic heterocycles. The highest BCUT2D eigenvalue weighted by atomic mass is 16.4. The van der Waals surface area contributed by atoms with E-state index in [1.54, 1.807) is 0 Å². The van der Waals surface area contributed by atoms with Crippen molar-refractivity contribution in [3.63, 3.8) is 0 Å². The van der Waals surface area contributed by atoms with E-state index in [2.05, 4.69) is 5.32 Å². The fourth-order valence-electron chi connectivity index (χ4n) is 1.49. The van der Waals surface area contributed by atoms with Gasteiger partial charge in [-0.3, -0.25) is 9.59 Å². The summed E-state index contributed by atoms with van der Waals surface area (Å²) in [5.74, 6) is -2.52. The van der Waals surface area contributed by atoms with Crippen molar-refractivity contribution in [3.05, 3.63) is 0 Å². The van der Waals surface area contributed by atoms with E-state index in [1.165, 1.54) is 11.8 Å². The molecule has 0 saturated carbocycles. The molecule has 0 aliphatic carbocycles. The Bertz CT molecular complexity index is 277. The molecule has 2 N–H and O–H groups in total. The normalized spacial score (nSPS) is 20.6. The Labute approximate surface area is 80.9 Å². The maximum atomic E-state index is 11.0. The van der Waals surface area contributed by atoms with E-state index in [0.717, 1.165) is 0 Å². The van der Waals surface area contributed by atoms with Crippen LogP contribution in [0.15, 0.2) is 0 Å². The summed E-state index contributed by atoms with van der Waals surface area (Å²) in [5, 5.41) is 11.1. The molecule has 0 radical (unpaired) electrons. The lowest BCUT2D eigenvalue weighted by molar-refractivity contribution is -0.155. The number of nitrogens with one attached hydrogen (secondary N) is 1. The zero-order valence-electron chi connectivity index (χ0n) is 7.82. The zero-order valence-corrected chi connectivity index (χ0v) is 7.82. The number of rotatable bonds is 1. The third kappa shape index (κ3) is 2.45. The Balaban J connectivity index is 2.45. The number of amides is 2. The quantitative estimate of drug-likeness (QED) is 0.521. The third-order valence-corrected chi connectivity index (χ3v) is 2.07. The molecule has 2 amide bonds. The number of aliphatic carboxylic acids is 1. The fourth-order valence-corrected chi connectivity index (χ4v) is 1.49. The van der Waals surface area contributed by atoms with Gasteiger partial charge >= 0.3 is 11.9 Å². The summed E-state index contributed by atoms with van der Waals surface area (Å²) >= 11 is 0. The Morgan fingerprint density at radius 1 is 1.43 bits per heavy atom. The van der Waals surface area contributed by atoms with Gasteiger partial charge in [0.1, 0.15) is 0 Å². The van der Waals surface area contributed by atoms with Gasteiger partial charge in [-0.2, -0.15) is 0 Å². The van der Waals surface area contributed by atoms with E-state index in [9.17, 15) is 14.4 Å². The van der Waals surface area contributed by atoms with Crippen LogP contribution in [-0.2, 0) is 14.4 Å². The molecule has 14 heavy (non-hydrogen) atoms. The van der Waals surface area contributed by atoms with E-state index in [1.807, 2.05) is 0 Å². The monoisotopic (exact) mass is 200 g/mol. The molecule has 1 unspecified atom stereocenters. The summed E-state index contributed by atoms with van der Waals surface area (Å²) in [7, 11) is 0. The molecule has 6 heteroatoms. The molecule has 6 nitrogen and oxygen atoms in total. The second-order valence-corrected chi connectivity index (χ2v) is 3.24. The van der Waals surface area contributed by atoms with Crippen LogP contribution in [0, 0.1) is 0 Å². The number of likely N-dealkylation sites (tertiary alicyclic amines) is 1. The number of hydrogen-bond donors (Lipinski definition) is 2. The zero-order chi connectivity index (χ0) is 10.7. The highest BCUT2D eigenvalue weighted by Crippen LogP contribution is 2.08. The minimum Gasteiger partial charge on any atom is -0.474 e. The van der Waals surface area contributed by atoms with Crippen LogP contribution in [0.1, 0.15) is 13.3 Å². The highest BCUT2D eigenvalue weighted by Gasteiger charge is 2.29. The van der Waals surface area contributed by atoms with Crippen LogP contribution < -0.4 is 5.32 Å². The molecule has 0 aromatic rings. The standard InChI is InChI=1S/C8H12N2O4/c1-5(11)9-6-2-3-10(4-6)7(12)8(13)14/h6H,2-4H2,1H3,(H,9,11)(H,13,14). The topological polar surface area (TPSA) is 86.7 Å². The first-order valence-electron chi connectivity index (χ1n) is 4.30. The summed E-state index contributed by atoms with van der Waals surface area (Å²) in [6.07, 6.45) is 0.610. The first-order chi connectivity index (χ1) is 6.50. The van der Waals surface area contributed by atoms with Gasteiger partial charge in [-0.05, 0) is 6.42 Å². The van der Waals surface area contributed by atoms with Gasteiger partial charge in [0.05, 0.1) is 0 Å². The average Bonchev–Trinajstić information content (AvgIpc) is 2.50. The largest absolute Gasteiger partial charge is 0.474 e. The predicted octanol–water partition coefficient (Wildman–Crippen LogP) is -1.19. The van der Waals surface area contributed by atoms with Gasteiger partial charge in [0, 0.05) is 26.1 Å². The molecule has 1 atom stereocenters. The average molecular weight is 200 g/mol. The second kappa shape index (κ2) is 4.08. The van der Waals surface area contributed by atoms with Crippen LogP contribution >= 0.6 is 0 Å². The summed E-state index contributed by atoms with van der Waals surface area (Å²) < 4.78 is 0. The predicted molar refractivity (Wildman–Crippen MR) is 46.4 cm³/mol. The van der Waals surface area contributed by atoms with Crippen molar-refractivity contribution in [2.45, 2.75) is 19.4 Å². The van der Waals surface area contributed by atoms with E-state index >= 15 is 0 Å². The van der Waals surface area contributed by atoms with Gasteiger partial charge < -0.3 is 15.3 Å². The van der Waals surface area contributed by atoms with Gasteiger partial charge in [-0.25, -0.2) is 4.79 Å². The molecule has 0 aromatic carbocycles. The van der Waals surface area contributed by atoms with Crippen LogP contribution in [-0.4, -0.2) is 46.9 Å². The fraction of sp³-hybridized carbons (Fsp3) is 0.625. The van der Waals surface area contributed by atoms with Gasteiger partial charge in [0.15, 0.2) is 0 Å². The van der Waals surface area contributed by atoms with Crippen molar-refractivity contribution >= 4 is 17.8 Å². The van der Waals surface area contributed by atoms with Crippen molar-refractivity contribution in [2.75, 3.05) is 13.1 Å². The minimum absolute atomic E-state index is 0.115. The lowest BCUT2D eigenvalue weighted by atomic mass is 10.3. The maximum absolute atomic E-state index is 11.0. The maximum Gasteiger partial charge on any atom is 0.394 e. The summed E-state index contributed by atoms with van der Waals surface area (Å²) in [5.41, 5.74) is 0. The SMILES string of the molecule is CC(=O)NC1CCN(C(=O)C(=O)O)C1. The highest BCUT2D eigenvalue weighted by molar-refractivity contribution is 6.31. The number of carbonyl (C=O) groups is 3. The van der Waals surface area contributed by atoms with E-state index in [4.69, 9.17) is 5.11 Å². The molecule has 0 bridgehead atoms. The molecule has 1 aliphatic rings. The molecular weight excluding hydrogens is 188 g/mol. The van der Waals surface area contributed by atoms with Crippen LogP contribution in [0.3, 0.4) is 0 Å². The van der Waals surface area contributed by atoms with Gasteiger partial charge in [0.2, 0.25) is 5.91 Å². The van der Waals surface area contributed by atoms with Crippen LogP contribution in [0.5, 0.6) is 0 Å². The Hall–Kier alpha value is -1.59. The molecular formula is C8H12N2O4. The number of nitrogens with zero attached hydrogens (tertiary/aromatic N) is 1. The van der Waals surface area contributed by atoms with Gasteiger partial charge in [-0.15, -0.1) is 0 Å². The number of carboxylic acids is 1. The first-order valence-corrected chi connectivity index (χ1v) is 4.30. The lowest BCUT2D eigenvalue weighted by Crippen LogP contribution is -2.39. The van der Waals surface area contributed by atoms with Crippen LogP contribution in [0.25, 0.3) is 0 Å². The second-order valence-electron chi connectivity index (χ2n) is 3.24. The first kappa shape index (κ1) is 10.5. The van der Waals surface area contributed by atoms with Crippen molar-refractivity contribution < 1.29 is 19.5 Å². The molecule has 1 heterocycles. The Morgan fingerprint density at radius 2 is 2.07 bits per heavy atom. The number of carboxylic acid groups (broad SMARTS) is 1. The molecule has 1 fully saturated rings. The third-order valence-electron chi connectivity index (χ3n) is 2.07. The van der Waals surface area contributed by atoms with Crippen molar-refractivity contribution in [1.29, 1.82) is 0 Å². The molecule has 0 aromatic heterocycles. The molecule has 1 saturated heterocycles. The summed E-state index contributed by atoms with van der Waals surface area (Å²) in [6, 6.07) is -0.115. The number of hydrogen-bond acceptors (Lipinski definition) is 3. The molecule has 1 rings (SSSR count). The van der Waals surface area contributed by atoms with Crippen LogP contribution in [0.4, 0.5) is 0 Å². The van der Waals surface area contributed by atoms with Crippen LogP contribution in [0.2, 0.25) is 0 Å². The summed E-state index contributed by atoms with van der Waals surface area (Å²) in [4.78, 5) is 33.2. The van der Waals surface area contributed by atoms with E-state index < -0.39 is 11.9 Å². The smallest absolute Gasteiger partial charge is 0.394 e. The van der Waals surface area contributed by atoms with Crippen molar-refractivity contribution in [2.24, 2.45) is 0 Å². The van der Waals surface area contributed by atoms with Gasteiger partial charge in [-0.1, -0.05) is 0 Å². The number of carbonyl (C=O) groups excluding carboxylic acids is 2. The minimum atomic E-state index is -1.45. The van der Waals surface area contributed by atoms with Crippen molar-refractivity contribution in [1.82, 2.24) is 10.2 Å². The van der Waals surface area contributed by atoms with Gasteiger partial charge in [0.25, 0.3) is 0 Å². The summed E-state index contributed by atoms with van der Waals surface area (Å²) in [6.45, 7) is 2.06. The molecule has 78 valence electrons. The Morgan fingerprint density at radius 3 is 2.57 bits per heavy atom. The molecule has 0 spiro atoms.